The molecule has 1 aliphatic carbocycles. The first kappa shape index (κ1) is 32.5. The van der Waals surface area contributed by atoms with Crippen molar-refractivity contribution in [3.8, 4) is 22.8 Å². The van der Waals surface area contributed by atoms with Gasteiger partial charge in [0.25, 0.3) is 5.91 Å². The number of carbonyl (C=O) groups excluding carboxylic acids is 1. The molecule has 1 amide bonds. The van der Waals surface area contributed by atoms with Crippen LogP contribution >= 0.6 is 0 Å². The van der Waals surface area contributed by atoms with Crippen molar-refractivity contribution in [2.24, 2.45) is 5.73 Å². The molecule has 2 saturated heterocycles. The monoisotopic (exact) mass is 630 g/mol. The van der Waals surface area contributed by atoms with E-state index < -0.39 is 11.7 Å². The predicted molar refractivity (Wildman–Crippen MR) is 177 cm³/mol. The number of piperazine rings is 1. The van der Waals surface area contributed by atoms with Gasteiger partial charge in [0.05, 0.1) is 19.4 Å². The largest absolute Gasteiger partial charge is 0.438 e. The van der Waals surface area contributed by atoms with Crippen molar-refractivity contribution in [2.75, 3.05) is 39.4 Å². The van der Waals surface area contributed by atoms with E-state index in [1.807, 2.05) is 18.2 Å². The molecule has 1 aromatic heterocycles. The molecule has 9 nitrogen and oxygen atoms in total. The Kier molecular flexibility index (Phi) is 10.6. The number of hydrogen-bond donors (Lipinski definition) is 3. The van der Waals surface area contributed by atoms with E-state index in [0.717, 1.165) is 95.5 Å². The van der Waals surface area contributed by atoms with Crippen molar-refractivity contribution in [1.29, 1.82) is 0 Å². The second-order valence-corrected chi connectivity index (χ2v) is 13.3. The number of morpholine rings is 1. The Hall–Kier alpha value is -3.41. The van der Waals surface area contributed by atoms with Gasteiger partial charge in [-0.2, -0.15) is 0 Å². The van der Waals surface area contributed by atoms with Crippen LogP contribution in [0, 0.1) is 5.82 Å². The maximum absolute atomic E-state index is 14.3. The van der Waals surface area contributed by atoms with Crippen LogP contribution in [-0.2, 0) is 17.8 Å². The molecule has 3 fully saturated rings. The Morgan fingerprint density at radius 3 is 2.54 bits per heavy atom. The fourth-order valence-electron chi connectivity index (χ4n) is 7.02. The Balaban J connectivity index is 1.24. The minimum absolute atomic E-state index is 0.00187. The van der Waals surface area contributed by atoms with Gasteiger partial charge in [-0.05, 0) is 80.0 Å². The van der Waals surface area contributed by atoms with Crippen LogP contribution in [0.2, 0.25) is 0 Å². The van der Waals surface area contributed by atoms with Crippen LogP contribution in [0.4, 0.5) is 4.39 Å². The third-order valence-corrected chi connectivity index (χ3v) is 9.24. The highest BCUT2D eigenvalue weighted by Gasteiger charge is 2.24. The van der Waals surface area contributed by atoms with Gasteiger partial charge in [0.2, 0.25) is 5.88 Å². The lowest BCUT2D eigenvalue weighted by atomic mass is 9.91. The highest BCUT2D eigenvalue weighted by Crippen LogP contribution is 2.32. The van der Waals surface area contributed by atoms with E-state index in [4.69, 9.17) is 15.2 Å². The number of rotatable bonds is 9. The summed E-state index contributed by atoms with van der Waals surface area (Å²) in [5.41, 5.74) is 10.8. The molecule has 3 aromatic rings. The molecule has 0 bridgehead atoms. The molecule has 2 aliphatic heterocycles. The van der Waals surface area contributed by atoms with Crippen molar-refractivity contribution in [3.05, 3.63) is 77.2 Å². The Labute approximate surface area is 271 Å². The van der Waals surface area contributed by atoms with Crippen LogP contribution in [0.25, 0.3) is 11.1 Å². The van der Waals surface area contributed by atoms with Gasteiger partial charge in [-0.3, -0.25) is 14.6 Å². The molecule has 0 unspecified atom stereocenters. The number of nitrogens with zero attached hydrogens (tertiary/aromatic N) is 3. The number of pyridine rings is 1. The van der Waals surface area contributed by atoms with Gasteiger partial charge in [0.1, 0.15) is 17.1 Å². The van der Waals surface area contributed by atoms with Crippen molar-refractivity contribution in [2.45, 2.75) is 76.8 Å². The zero-order chi connectivity index (χ0) is 32.0. The van der Waals surface area contributed by atoms with Crippen molar-refractivity contribution < 1.29 is 18.7 Å². The highest BCUT2D eigenvalue weighted by molar-refractivity contribution is 5.96. The first-order valence-electron chi connectivity index (χ1n) is 16.7. The van der Waals surface area contributed by atoms with Gasteiger partial charge in [0.15, 0.2) is 0 Å². The number of halogens is 1. The number of benzene rings is 2. The van der Waals surface area contributed by atoms with Crippen LogP contribution in [0.3, 0.4) is 0 Å². The average molecular weight is 631 g/mol. The number of nitrogens with one attached hydrogen (secondary N) is 2. The van der Waals surface area contributed by atoms with Gasteiger partial charge < -0.3 is 25.8 Å². The van der Waals surface area contributed by atoms with Crippen LogP contribution in [0.5, 0.6) is 11.6 Å². The minimum atomic E-state index is -0.588. The van der Waals surface area contributed by atoms with Crippen molar-refractivity contribution in [1.82, 2.24) is 25.4 Å². The fourth-order valence-corrected chi connectivity index (χ4v) is 7.02. The van der Waals surface area contributed by atoms with E-state index in [1.54, 1.807) is 0 Å². The van der Waals surface area contributed by atoms with E-state index in [-0.39, 0.29) is 23.5 Å². The summed E-state index contributed by atoms with van der Waals surface area (Å²) in [7, 11) is 0. The molecule has 3 aliphatic rings. The number of nitrogens with two attached hydrogens (primary N) is 1. The molecular formula is C36H47FN6O3. The Morgan fingerprint density at radius 1 is 1.02 bits per heavy atom. The van der Waals surface area contributed by atoms with Crippen LogP contribution in [-0.4, -0.2) is 84.3 Å². The lowest BCUT2D eigenvalue weighted by molar-refractivity contribution is 0.0342. The molecule has 0 spiro atoms. The molecule has 4 N–H and O–H groups in total. The van der Waals surface area contributed by atoms with Gasteiger partial charge in [0, 0.05) is 63.4 Å². The third kappa shape index (κ3) is 8.49. The molecule has 1 saturated carbocycles. The van der Waals surface area contributed by atoms with Gasteiger partial charge in [-0.1, -0.05) is 30.3 Å². The predicted octanol–water partition coefficient (Wildman–Crippen LogP) is 4.69. The zero-order valence-electron chi connectivity index (χ0n) is 27.0. The van der Waals surface area contributed by atoms with Crippen molar-refractivity contribution in [3.63, 3.8) is 0 Å². The summed E-state index contributed by atoms with van der Waals surface area (Å²) >= 11 is 0. The molecule has 3 heterocycles. The smallest absolute Gasteiger partial charge is 0.257 e. The number of hydrogen-bond acceptors (Lipinski definition) is 8. The van der Waals surface area contributed by atoms with Crippen molar-refractivity contribution >= 4 is 5.91 Å². The summed E-state index contributed by atoms with van der Waals surface area (Å²) in [6, 6.07) is 16.9. The van der Waals surface area contributed by atoms with E-state index in [1.165, 1.54) is 17.2 Å². The summed E-state index contributed by atoms with van der Waals surface area (Å²) < 4.78 is 26.1. The summed E-state index contributed by atoms with van der Waals surface area (Å²) in [5.74, 6) is -0.379. The molecule has 10 heteroatoms. The zero-order valence-corrected chi connectivity index (χ0v) is 27.0. The molecule has 246 valence electrons. The lowest BCUT2D eigenvalue weighted by Crippen LogP contribution is -2.53. The molecule has 6 rings (SSSR count). The number of amides is 1. The number of ether oxygens (including phenoxy) is 2. The van der Waals surface area contributed by atoms with E-state index >= 15 is 0 Å². The highest BCUT2D eigenvalue weighted by atomic mass is 19.1. The maximum atomic E-state index is 14.3. The van der Waals surface area contributed by atoms with Gasteiger partial charge in [-0.25, -0.2) is 9.37 Å². The van der Waals surface area contributed by atoms with Gasteiger partial charge >= 0.3 is 0 Å². The summed E-state index contributed by atoms with van der Waals surface area (Å²) in [5, 5.41) is 6.65. The first-order valence-corrected chi connectivity index (χ1v) is 16.7. The van der Waals surface area contributed by atoms with Crippen LogP contribution < -0.4 is 21.1 Å². The summed E-state index contributed by atoms with van der Waals surface area (Å²) in [4.78, 5) is 22.4. The molecule has 46 heavy (non-hydrogen) atoms. The van der Waals surface area contributed by atoms with E-state index in [2.05, 4.69) is 63.5 Å². The maximum Gasteiger partial charge on any atom is 0.257 e. The first-order chi connectivity index (χ1) is 22.3. The van der Waals surface area contributed by atoms with Gasteiger partial charge in [-0.15, -0.1) is 0 Å². The Morgan fingerprint density at radius 2 is 1.78 bits per heavy atom. The fraction of sp³-hybridized carbons (Fsp3) is 0.500. The van der Waals surface area contributed by atoms with E-state index in [0.29, 0.717) is 17.8 Å². The summed E-state index contributed by atoms with van der Waals surface area (Å²) in [6.45, 7) is 11.5. The average Bonchev–Trinajstić information content (AvgIpc) is 3.03. The minimum Gasteiger partial charge on any atom is -0.438 e. The third-order valence-electron chi connectivity index (χ3n) is 9.24. The topological polar surface area (TPSA) is 105 Å². The molecule has 0 radical (unpaired) electrons. The number of aromatic nitrogens is 1. The second kappa shape index (κ2) is 15.0. The number of carbonyl (C=O) groups is 1. The van der Waals surface area contributed by atoms with Crippen LogP contribution in [0.1, 0.15) is 61.0 Å². The summed E-state index contributed by atoms with van der Waals surface area (Å²) in [6.07, 6.45) is 4.38. The van der Waals surface area contributed by atoms with Crippen LogP contribution in [0.15, 0.2) is 54.7 Å². The normalized spacial score (nSPS) is 24.4. The molecule has 2 aromatic carbocycles. The quantitative estimate of drug-likeness (QED) is 0.313. The lowest BCUT2D eigenvalue weighted by Gasteiger charge is -2.36. The Bertz CT molecular complexity index is 1480. The standard InChI is InChI=1S/C36H47FN6O3/c1-24-20-43(21-25(2)40-24)22-26-6-11-33(28(16-26)23-42-12-14-45-15-13-42)27-4-3-5-32(17-27)46-36-34(18-29(37)19-39-36)35(44)41-31-9-7-30(38)8-10-31/h3-6,11,16-19,24-25,30-31,40H,7-10,12-15,20-23,38H2,1-2H3,(H,41,44)/t24-,25+,30-,31-. The second-order valence-electron chi connectivity index (χ2n) is 13.3. The molecule has 2 atom stereocenters. The molecular weight excluding hydrogens is 583 g/mol. The SMILES string of the molecule is C[C@@H]1CN(Cc2ccc(-c3cccc(Oc4ncc(F)cc4C(=O)N[C@H]4CC[C@H](N)CC4)c3)c(CN3CCOCC3)c2)C[C@H](C)N1. The van der Waals surface area contributed by atoms with E-state index in [9.17, 15) is 9.18 Å².